The summed E-state index contributed by atoms with van der Waals surface area (Å²) in [4.78, 5) is 39.7. The number of hydrogen-bond donors (Lipinski definition) is 3. The van der Waals surface area contributed by atoms with Crippen molar-refractivity contribution in [2.24, 2.45) is 0 Å². The molecule has 0 spiro atoms. The molecule has 0 aliphatic carbocycles. The van der Waals surface area contributed by atoms with Crippen LogP contribution >= 0.6 is 0 Å². The lowest BCUT2D eigenvalue weighted by molar-refractivity contribution is -0.131. The van der Waals surface area contributed by atoms with Crippen LogP contribution in [0.3, 0.4) is 0 Å². The van der Waals surface area contributed by atoms with Crippen LogP contribution in [-0.2, 0) is 23.4 Å². The van der Waals surface area contributed by atoms with E-state index in [0.29, 0.717) is 23.4 Å². The summed E-state index contributed by atoms with van der Waals surface area (Å²) in [6, 6.07) is 13.6. The van der Waals surface area contributed by atoms with Crippen molar-refractivity contribution < 1.29 is 29.7 Å². The summed E-state index contributed by atoms with van der Waals surface area (Å²) in [6.45, 7) is 5.21. The fourth-order valence-corrected chi connectivity index (χ4v) is 3.75. The maximum absolute atomic E-state index is 12.0. The van der Waals surface area contributed by atoms with Gasteiger partial charge >= 0.3 is 11.9 Å². The molecule has 0 atom stereocenters. The van der Waals surface area contributed by atoms with Gasteiger partial charge in [-0.3, -0.25) is 4.79 Å². The molecule has 0 radical (unpaired) electrons. The van der Waals surface area contributed by atoms with E-state index < -0.39 is 23.3 Å². The average molecular weight is 450 g/mol. The van der Waals surface area contributed by atoms with Gasteiger partial charge in [-0.25, -0.2) is 14.6 Å². The van der Waals surface area contributed by atoms with Gasteiger partial charge in [0, 0.05) is 18.5 Å². The molecule has 1 heterocycles. The summed E-state index contributed by atoms with van der Waals surface area (Å²) in [5, 5.41) is 29.4. The van der Waals surface area contributed by atoms with Gasteiger partial charge in [0.15, 0.2) is 5.69 Å². The van der Waals surface area contributed by atoms with Crippen LogP contribution in [0.5, 0.6) is 0 Å². The Morgan fingerprint density at radius 2 is 1.64 bits per heavy atom. The molecule has 2 aromatic carbocycles. The standard InChI is InChI=1S/C25H26N2O6/c1-4-7-19-26-22(25(2,3)33)20(23(29)30)27(19)14-15-10-12-16(13-11-15)17-8-5-6-9-18(17)21(28)24(31)32/h5-6,8-13,33H,4,7,14H2,1-3H3,(H,29,30)(H,31,32). The van der Waals surface area contributed by atoms with E-state index in [1.165, 1.54) is 19.9 Å². The van der Waals surface area contributed by atoms with Crippen LogP contribution in [0.4, 0.5) is 0 Å². The molecule has 172 valence electrons. The number of aliphatic carboxylic acids is 1. The van der Waals surface area contributed by atoms with Gasteiger partial charge in [-0.2, -0.15) is 0 Å². The van der Waals surface area contributed by atoms with Crippen LogP contribution in [0.15, 0.2) is 48.5 Å². The third kappa shape index (κ3) is 5.01. The lowest BCUT2D eigenvalue weighted by atomic mass is 9.96. The highest BCUT2D eigenvalue weighted by Gasteiger charge is 2.31. The van der Waals surface area contributed by atoms with E-state index >= 15 is 0 Å². The van der Waals surface area contributed by atoms with Gasteiger partial charge in [-0.1, -0.05) is 55.5 Å². The molecular weight excluding hydrogens is 424 g/mol. The third-order valence-corrected chi connectivity index (χ3v) is 5.27. The molecular formula is C25H26N2O6. The van der Waals surface area contributed by atoms with Crippen molar-refractivity contribution in [3.8, 4) is 11.1 Å². The minimum absolute atomic E-state index is 0.0487. The summed E-state index contributed by atoms with van der Waals surface area (Å²) in [6.07, 6.45) is 1.31. The number of imidazole rings is 1. The normalized spacial score (nSPS) is 11.4. The lowest BCUT2D eigenvalue weighted by Crippen LogP contribution is -2.22. The van der Waals surface area contributed by atoms with E-state index in [9.17, 15) is 24.6 Å². The van der Waals surface area contributed by atoms with Gasteiger partial charge in [-0.15, -0.1) is 0 Å². The number of nitrogens with zero attached hydrogens (tertiary/aromatic N) is 2. The molecule has 0 unspecified atom stereocenters. The van der Waals surface area contributed by atoms with Crippen LogP contribution in [0.2, 0.25) is 0 Å². The number of carbonyl (C=O) groups excluding carboxylic acids is 1. The van der Waals surface area contributed by atoms with Crippen LogP contribution in [0.25, 0.3) is 11.1 Å². The van der Waals surface area contributed by atoms with E-state index in [1.807, 2.05) is 6.92 Å². The smallest absolute Gasteiger partial charge is 0.377 e. The second kappa shape index (κ2) is 9.38. The zero-order valence-corrected chi connectivity index (χ0v) is 18.7. The van der Waals surface area contributed by atoms with Gasteiger partial charge in [0.25, 0.3) is 5.78 Å². The minimum atomic E-state index is -1.52. The number of ketones is 1. The molecule has 3 aromatic rings. The predicted molar refractivity (Wildman–Crippen MR) is 121 cm³/mol. The highest BCUT2D eigenvalue weighted by Crippen LogP contribution is 2.28. The molecule has 3 N–H and O–H groups in total. The largest absolute Gasteiger partial charge is 0.477 e. The van der Waals surface area contributed by atoms with Crippen molar-refractivity contribution in [3.63, 3.8) is 0 Å². The number of benzene rings is 2. The molecule has 0 saturated carbocycles. The molecule has 0 saturated heterocycles. The summed E-state index contributed by atoms with van der Waals surface area (Å²) in [7, 11) is 0. The Bertz CT molecular complexity index is 1200. The van der Waals surface area contributed by atoms with Crippen molar-refractivity contribution in [1.82, 2.24) is 9.55 Å². The summed E-state index contributed by atoms with van der Waals surface area (Å²) >= 11 is 0. The number of carboxylic acid groups (broad SMARTS) is 2. The van der Waals surface area contributed by atoms with Crippen molar-refractivity contribution in [2.45, 2.75) is 45.8 Å². The topological polar surface area (TPSA) is 130 Å². The maximum atomic E-state index is 12.0. The first-order valence-electron chi connectivity index (χ1n) is 10.6. The van der Waals surface area contributed by atoms with Crippen molar-refractivity contribution in [2.75, 3.05) is 0 Å². The van der Waals surface area contributed by atoms with Crippen molar-refractivity contribution in [1.29, 1.82) is 0 Å². The SMILES string of the molecule is CCCc1nc(C(C)(C)O)c(C(=O)O)n1Cc1ccc(-c2ccccc2C(=O)C(=O)O)cc1. The number of hydrogen-bond acceptors (Lipinski definition) is 5. The Morgan fingerprint density at radius 3 is 2.18 bits per heavy atom. The van der Waals surface area contributed by atoms with E-state index in [1.54, 1.807) is 47.0 Å². The summed E-state index contributed by atoms with van der Waals surface area (Å²) in [5.41, 5.74) is 0.718. The highest BCUT2D eigenvalue weighted by atomic mass is 16.4. The number of aliphatic hydroxyl groups is 1. The Kier molecular flexibility index (Phi) is 6.78. The van der Waals surface area contributed by atoms with Gasteiger partial charge in [0.05, 0.1) is 0 Å². The number of aromatic nitrogens is 2. The fraction of sp³-hybridized carbons (Fsp3) is 0.280. The number of rotatable bonds is 9. The van der Waals surface area contributed by atoms with E-state index in [2.05, 4.69) is 4.98 Å². The molecule has 33 heavy (non-hydrogen) atoms. The maximum Gasteiger partial charge on any atom is 0.377 e. The first-order valence-corrected chi connectivity index (χ1v) is 10.6. The Hall–Kier alpha value is -3.78. The van der Waals surface area contributed by atoms with Crippen LogP contribution in [0, 0.1) is 0 Å². The Morgan fingerprint density at radius 1 is 1.00 bits per heavy atom. The third-order valence-electron chi connectivity index (χ3n) is 5.27. The fourth-order valence-electron chi connectivity index (χ4n) is 3.75. The minimum Gasteiger partial charge on any atom is -0.477 e. The second-order valence-electron chi connectivity index (χ2n) is 8.30. The van der Waals surface area contributed by atoms with Crippen LogP contribution < -0.4 is 0 Å². The number of carbonyl (C=O) groups is 3. The number of carboxylic acids is 2. The monoisotopic (exact) mass is 450 g/mol. The zero-order valence-electron chi connectivity index (χ0n) is 18.7. The Balaban J connectivity index is 2.01. The van der Waals surface area contributed by atoms with Crippen molar-refractivity contribution >= 4 is 17.7 Å². The average Bonchev–Trinajstić information content (AvgIpc) is 3.13. The quantitative estimate of drug-likeness (QED) is 0.334. The molecule has 1 aromatic heterocycles. The first kappa shape index (κ1) is 23.9. The number of aromatic carboxylic acids is 1. The molecule has 0 amide bonds. The molecule has 0 fully saturated rings. The summed E-state index contributed by atoms with van der Waals surface area (Å²) in [5.74, 6) is -3.10. The molecule has 0 bridgehead atoms. The van der Waals surface area contributed by atoms with Gasteiger partial charge in [-0.05, 0) is 37.0 Å². The Labute approximate surface area is 191 Å². The van der Waals surface area contributed by atoms with Gasteiger partial charge in [0.2, 0.25) is 0 Å². The van der Waals surface area contributed by atoms with Crippen molar-refractivity contribution in [3.05, 3.63) is 76.9 Å². The predicted octanol–water partition coefficient (Wildman–Crippen LogP) is 3.74. The summed E-state index contributed by atoms with van der Waals surface area (Å²) < 4.78 is 1.61. The van der Waals surface area contributed by atoms with Crippen LogP contribution in [-0.4, -0.2) is 42.6 Å². The first-order chi connectivity index (χ1) is 15.5. The number of aryl methyl sites for hydroxylation is 1. The zero-order chi connectivity index (χ0) is 24.3. The molecule has 8 nitrogen and oxygen atoms in total. The number of Topliss-reactive ketones (excluding diaryl/α,β-unsaturated/α-hetero) is 1. The second-order valence-corrected chi connectivity index (χ2v) is 8.30. The van der Waals surface area contributed by atoms with E-state index in [4.69, 9.17) is 5.11 Å². The van der Waals surface area contributed by atoms with Crippen LogP contribution in [0.1, 0.15) is 65.1 Å². The molecule has 8 heteroatoms. The van der Waals surface area contributed by atoms with Gasteiger partial charge in [0.1, 0.15) is 17.1 Å². The van der Waals surface area contributed by atoms with E-state index in [0.717, 1.165) is 12.0 Å². The lowest BCUT2D eigenvalue weighted by Gasteiger charge is -2.16. The molecule has 3 rings (SSSR count). The highest BCUT2D eigenvalue weighted by molar-refractivity contribution is 6.41. The van der Waals surface area contributed by atoms with Gasteiger partial charge < -0.3 is 19.9 Å². The van der Waals surface area contributed by atoms with E-state index in [-0.39, 0.29) is 23.5 Å². The molecule has 0 aliphatic heterocycles. The molecule has 0 aliphatic rings.